The molecule has 0 amide bonds. The van der Waals surface area contributed by atoms with Crippen LogP contribution in [0.15, 0.2) is 0 Å². The van der Waals surface area contributed by atoms with Gasteiger partial charge >= 0.3 is 0 Å². The van der Waals surface area contributed by atoms with E-state index in [1.54, 1.807) is 19.1 Å². The molecular weight excluding hydrogens is 180 g/mol. The quantitative estimate of drug-likeness (QED) is 0.654. The zero-order valence-corrected chi connectivity index (χ0v) is 8.66. The minimum absolute atomic E-state index is 0.0380. The van der Waals surface area contributed by atoms with Crippen molar-refractivity contribution in [2.75, 3.05) is 6.61 Å². The molecule has 0 aliphatic rings. The normalized spacial score (nSPS) is 14.4. The predicted molar refractivity (Wildman–Crippen MR) is 50.8 cm³/mol. The van der Waals surface area contributed by atoms with Gasteiger partial charge in [-0.2, -0.15) is 10.5 Å². The zero-order valence-electron chi connectivity index (χ0n) is 8.66. The number of unbranched alkanes of at least 4 members (excludes halogenated alkanes) is 1. The molecule has 1 unspecified atom stereocenters. The maximum Gasteiger partial charge on any atom is 0.162 e. The van der Waals surface area contributed by atoms with Crippen molar-refractivity contribution in [3.8, 4) is 12.1 Å². The lowest BCUT2D eigenvalue weighted by Gasteiger charge is -2.23. The Kier molecular flexibility index (Phi) is 5.87. The van der Waals surface area contributed by atoms with E-state index in [4.69, 9.17) is 15.3 Å². The van der Waals surface area contributed by atoms with Crippen LogP contribution in [0.25, 0.3) is 0 Å². The van der Waals surface area contributed by atoms with Gasteiger partial charge < -0.3 is 9.84 Å². The first-order valence-corrected chi connectivity index (χ1v) is 4.71. The molecule has 0 fully saturated rings. The van der Waals surface area contributed by atoms with Crippen molar-refractivity contribution in [3.05, 3.63) is 0 Å². The Morgan fingerprint density at radius 3 is 2.43 bits per heavy atom. The van der Waals surface area contributed by atoms with E-state index in [0.717, 1.165) is 12.8 Å². The molecule has 0 aliphatic heterocycles. The second-order valence-electron chi connectivity index (χ2n) is 3.40. The fraction of sp³-hybridized carbons (Fsp3) is 0.800. The summed E-state index contributed by atoms with van der Waals surface area (Å²) in [7, 11) is 0. The Morgan fingerprint density at radius 2 is 2.00 bits per heavy atom. The van der Waals surface area contributed by atoms with Gasteiger partial charge in [-0.05, 0) is 13.3 Å². The van der Waals surface area contributed by atoms with Crippen molar-refractivity contribution in [2.24, 2.45) is 5.92 Å². The fourth-order valence-electron chi connectivity index (χ4n) is 0.943. The molecule has 4 heteroatoms. The van der Waals surface area contributed by atoms with Crippen LogP contribution in [0, 0.1) is 28.6 Å². The zero-order chi connectivity index (χ0) is 11.0. The highest BCUT2D eigenvalue weighted by Gasteiger charge is 2.21. The average molecular weight is 196 g/mol. The maximum atomic E-state index is 9.64. The SMILES string of the molecule is CCCCC(C)(O)OCC(C#N)C#N. The monoisotopic (exact) mass is 196 g/mol. The smallest absolute Gasteiger partial charge is 0.162 e. The predicted octanol–water partition coefficient (Wildman–Crippen LogP) is 1.57. The van der Waals surface area contributed by atoms with Gasteiger partial charge in [0.15, 0.2) is 11.7 Å². The van der Waals surface area contributed by atoms with Gasteiger partial charge in [0.1, 0.15) is 0 Å². The van der Waals surface area contributed by atoms with Crippen LogP contribution < -0.4 is 0 Å². The van der Waals surface area contributed by atoms with Crippen LogP contribution in [0.5, 0.6) is 0 Å². The molecule has 78 valence electrons. The standard InChI is InChI=1S/C10H16N2O2/c1-3-4-5-10(2,13)14-8-9(6-11)7-12/h9,13H,3-5,8H2,1-2H3. The second-order valence-corrected chi connectivity index (χ2v) is 3.40. The first-order valence-electron chi connectivity index (χ1n) is 4.71. The van der Waals surface area contributed by atoms with E-state index in [2.05, 4.69) is 0 Å². The highest BCUT2D eigenvalue weighted by Crippen LogP contribution is 2.16. The van der Waals surface area contributed by atoms with Gasteiger partial charge in [0.2, 0.25) is 0 Å². The van der Waals surface area contributed by atoms with Crippen LogP contribution in [0.1, 0.15) is 33.1 Å². The van der Waals surface area contributed by atoms with Crippen LogP contribution >= 0.6 is 0 Å². The van der Waals surface area contributed by atoms with E-state index in [9.17, 15) is 5.11 Å². The van der Waals surface area contributed by atoms with E-state index in [-0.39, 0.29) is 6.61 Å². The molecule has 1 atom stereocenters. The van der Waals surface area contributed by atoms with Crippen molar-refractivity contribution in [3.63, 3.8) is 0 Å². The Labute approximate surface area is 84.7 Å². The third-order valence-electron chi connectivity index (χ3n) is 1.87. The van der Waals surface area contributed by atoms with Gasteiger partial charge in [-0.25, -0.2) is 0 Å². The van der Waals surface area contributed by atoms with Crippen LogP contribution in [0.3, 0.4) is 0 Å². The minimum atomic E-state index is -1.22. The van der Waals surface area contributed by atoms with Crippen LogP contribution in [0.2, 0.25) is 0 Å². The van der Waals surface area contributed by atoms with E-state index < -0.39 is 11.7 Å². The summed E-state index contributed by atoms with van der Waals surface area (Å²) in [6.07, 6.45) is 2.35. The molecule has 0 aromatic carbocycles. The topological polar surface area (TPSA) is 77.0 Å². The molecule has 1 N–H and O–H groups in total. The van der Waals surface area contributed by atoms with E-state index in [0.29, 0.717) is 6.42 Å². The highest BCUT2D eigenvalue weighted by molar-refractivity contribution is 4.98. The van der Waals surface area contributed by atoms with Gasteiger partial charge in [0.25, 0.3) is 0 Å². The number of hydrogen-bond donors (Lipinski definition) is 1. The molecule has 0 radical (unpaired) electrons. The summed E-state index contributed by atoms with van der Waals surface area (Å²) in [5.74, 6) is -2.02. The first kappa shape index (κ1) is 12.9. The Balaban J connectivity index is 3.87. The van der Waals surface area contributed by atoms with E-state index in [1.807, 2.05) is 6.92 Å². The molecule has 0 rings (SSSR count). The van der Waals surface area contributed by atoms with Crippen molar-refractivity contribution in [2.45, 2.75) is 38.9 Å². The summed E-state index contributed by atoms with van der Waals surface area (Å²) < 4.78 is 5.09. The molecule has 14 heavy (non-hydrogen) atoms. The number of rotatable bonds is 6. The summed E-state index contributed by atoms with van der Waals surface area (Å²) in [6.45, 7) is 3.53. The highest BCUT2D eigenvalue weighted by atomic mass is 16.6. The molecular formula is C10H16N2O2. The average Bonchev–Trinajstić information content (AvgIpc) is 2.16. The van der Waals surface area contributed by atoms with Crippen molar-refractivity contribution < 1.29 is 9.84 Å². The Morgan fingerprint density at radius 1 is 1.43 bits per heavy atom. The summed E-state index contributed by atoms with van der Waals surface area (Å²) >= 11 is 0. The number of ether oxygens (including phenoxy) is 1. The number of nitrogens with zero attached hydrogens (tertiary/aromatic N) is 2. The molecule has 0 aliphatic carbocycles. The minimum Gasteiger partial charge on any atom is -0.366 e. The lowest BCUT2D eigenvalue weighted by molar-refractivity contribution is -0.196. The summed E-state index contributed by atoms with van der Waals surface area (Å²) in [4.78, 5) is 0. The third-order valence-corrected chi connectivity index (χ3v) is 1.87. The van der Waals surface area contributed by atoms with Gasteiger partial charge in [-0.1, -0.05) is 13.3 Å². The lowest BCUT2D eigenvalue weighted by atomic mass is 10.1. The summed E-state index contributed by atoms with van der Waals surface area (Å²) in [5.41, 5.74) is 0. The molecule has 0 spiro atoms. The number of aliphatic hydroxyl groups is 1. The van der Waals surface area contributed by atoms with Crippen molar-refractivity contribution >= 4 is 0 Å². The van der Waals surface area contributed by atoms with Crippen molar-refractivity contribution in [1.29, 1.82) is 10.5 Å². The third kappa shape index (κ3) is 5.53. The maximum absolute atomic E-state index is 9.64. The lowest BCUT2D eigenvalue weighted by Crippen LogP contribution is -2.30. The molecule has 4 nitrogen and oxygen atoms in total. The Hall–Kier alpha value is -1.10. The van der Waals surface area contributed by atoms with Crippen LogP contribution in [-0.4, -0.2) is 17.5 Å². The second kappa shape index (κ2) is 6.37. The van der Waals surface area contributed by atoms with Gasteiger partial charge in [0, 0.05) is 6.42 Å². The number of nitriles is 2. The van der Waals surface area contributed by atoms with Crippen LogP contribution in [0.4, 0.5) is 0 Å². The molecule has 0 saturated heterocycles. The molecule has 0 aromatic heterocycles. The number of hydrogen-bond acceptors (Lipinski definition) is 4. The van der Waals surface area contributed by atoms with Crippen LogP contribution in [-0.2, 0) is 4.74 Å². The summed E-state index contributed by atoms with van der Waals surface area (Å²) in [5, 5.41) is 26.6. The van der Waals surface area contributed by atoms with Gasteiger partial charge in [-0.15, -0.1) is 0 Å². The van der Waals surface area contributed by atoms with Crippen molar-refractivity contribution in [1.82, 2.24) is 0 Å². The summed E-state index contributed by atoms with van der Waals surface area (Å²) in [6, 6.07) is 3.57. The molecule has 0 heterocycles. The first-order chi connectivity index (χ1) is 6.55. The molecule has 0 saturated carbocycles. The van der Waals surface area contributed by atoms with Gasteiger partial charge in [-0.3, -0.25) is 0 Å². The fourth-order valence-corrected chi connectivity index (χ4v) is 0.943. The van der Waals surface area contributed by atoms with E-state index in [1.165, 1.54) is 0 Å². The van der Waals surface area contributed by atoms with E-state index >= 15 is 0 Å². The molecule has 0 bridgehead atoms. The largest absolute Gasteiger partial charge is 0.366 e. The molecule has 0 aromatic rings. The Bertz CT molecular complexity index is 223. The van der Waals surface area contributed by atoms with Gasteiger partial charge in [0.05, 0.1) is 18.7 Å².